The molecule has 1 saturated carbocycles. The molecule has 0 N–H and O–H groups in total. The number of Topliss-reactive ketones (excluding diaryl/α,β-unsaturated/α-hetero) is 3. The fraction of sp³-hybridized carbons (Fsp3) is 0.308. The number of fused-ring (bicyclic) bond motifs is 1. The fourth-order valence-corrected chi connectivity index (χ4v) is 5.33. The molecule has 0 aromatic heterocycles. The van der Waals surface area contributed by atoms with E-state index in [9.17, 15) is 14.4 Å². The summed E-state index contributed by atoms with van der Waals surface area (Å²) in [7, 11) is 0. The van der Waals surface area contributed by atoms with Crippen LogP contribution in [-0.4, -0.2) is 32.3 Å². The normalized spacial score (nSPS) is 22.0. The first kappa shape index (κ1) is 10.9. The molecule has 4 heteroatoms. The summed E-state index contributed by atoms with van der Waals surface area (Å²) in [5, 5.41) is 0. The summed E-state index contributed by atoms with van der Waals surface area (Å²) in [6, 6.07) is 7.22. The first-order valence-corrected chi connectivity index (χ1v) is 7.27. The van der Waals surface area contributed by atoms with Crippen LogP contribution in [0.15, 0.2) is 24.3 Å². The third kappa shape index (κ3) is 1.31. The van der Waals surface area contributed by atoms with Crippen LogP contribution in [0.3, 0.4) is 0 Å². The molecule has 1 aromatic rings. The Labute approximate surface area is 105 Å². The van der Waals surface area contributed by atoms with Crippen molar-refractivity contribution in [2.24, 2.45) is 0 Å². The minimum absolute atomic E-state index is 0.157. The summed E-state index contributed by atoms with van der Waals surface area (Å²) in [6.07, 6.45) is 1.33. The Morgan fingerprint density at radius 1 is 1.00 bits per heavy atom. The Balaban J connectivity index is 2.16. The number of hydrogen-bond acceptors (Lipinski definition) is 3. The first-order chi connectivity index (χ1) is 8.16. The Morgan fingerprint density at radius 3 is 2.29 bits per heavy atom. The molecule has 3 nitrogen and oxygen atoms in total. The number of hydrogen-bond donors (Lipinski definition) is 0. The molecule has 1 spiro atoms. The molecule has 1 heterocycles. The van der Waals surface area contributed by atoms with E-state index in [0.29, 0.717) is 24.8 Å². The van der Waals surface area contributed by atoms with Gasteiger partial charge in [0, 0.05) is 0 Å². The SMILES string of the molecule is O=C1CCCC(=O)C12[Se]c1ccccc1C2=O. The third-order valence-electron chi connectivity index (χ3n) is 3.31. The van der Waals surface area contributed by atoms with Gasteiger partial charge in [0.1, 0.15) is 0 Å². The van der Waals surface area contributed by atoms with Crippen LogP contribution < -0.4 is 4.46 Å². The van der Waals surface area contributed by atoms with Gasteiger partial charge >= 0.3 is 105 Å². The number of carbonyl (C=O) groups excluding carboxylic acids is 3. The van der Waals surface area contributed by atoms with Gasteiger partial charge in [-0.05, 0) is 0 Å². The van der Waals surface area contributed by atoms with Crippen molar-refractivity contribution in [2.45, 2.75) is 23.6 Å². The van der Waals surface area contributed by atoms with Crippen molar-refractivity contribution in [3.05, 3.63) is 29.8 Å². The van der Waals surface area contributed by atoms with Gasteiger partial charge in [-0.3, -0.25) is 0 Å². The summed E-state index contributed by atoms with van der Waals surface area (Å²) in [6.45, 7) is 0. The maximum absolute atomic E-state index is 12.4. The van der Waals surface area contributed by atoms with Crippen LogP contribution in [0.4, 0.5) is 0 Å². The second-order valence-corrected chi connectivity index (χ2v) is 6.94. The standard InChI is InChI=1S/C13H10O3Se/c14-10-6-3-7-11(15)13(10)12(16)8-4-1-2-5-9(8)17-13/h1-2,4-5H,3,6-7H2. The summed E-state index contributed by atoms with van der Waals surface area (Å²) in [4.78, 5) is 36.5. The molecule has 1 aliphatic carbocycles. The second-order valence-electron chi connectivity index (χ2n) is 4.31. The minimum atomic E-state index is -1.30. The van der Waals surface area contributed by atoms with Crippen molar-refractivity contribution in [3.8, 4) is 0 Å². The van der Waals surface area contributed by atoms with Gasteiger partial charge < -0.3 is 0 Å². The zero-order valence-electron chi connectivity index (χ0n) is 9.06. The van der Waals surface area contributed by atoms with E-state index >= 15 is 0 Å². The van der Waals surface area contributed by atoms with Gasteiger partial charge in [-0.2, -0.15) is 0 Å². The van der Waals surface area contributed by atoms with E-state index in [2.05, 4.69) is 0 Å². The molecule has 0 unspecified atom stereocenters. The molecule has 3 rings (SSSR count). The summed E-state index contributed by atoms with van der Waals surface area (Å²) < 4.78 is -0.400. The summed E-state index contributed by atoms with van der Waals surface area (Å²) in [5.74, 6) is -0.562. The molecule has 1 aliphatic heterocycles. The van der Waals surface area contributed by atoms with Crippen molar-refractivity contribution >= 4 is 36.8 Å². The van der Waals surface area contributed by atoms with E-state index in [-0.39, 0.29) is 32.3 Å². The Morgan fingerprint density at radius 2 is 1.65 bits per heavy atom. The average molecular weight is 293 g/mol. The molecule has 0 amide bonds. The van der Waals surface area contributed by atoms with Crippen LogP contribution in [0.5, 0.6) is 0 Å². The van der Waals surface area contributed by atoms with Gasteiger partial charge in [0.25, 0.3) is 0 Å². The molecule has 2 aliphatic rings. The van der Waals surface area contributed by atoms with E-state index in [1.165, 1.54) is 0 Å². The molecule has 17 heavy (non-hydrogen) atoms. The van der Waals surface area contributed by atoms with Gasteiger partial charge in [0.05, 0.1) is 0 Å². The van der Waals surface area contributed by atoms with Crippen LogP contribution in [-0.2, 0) is 9.59 Å². The molecule has 0 radical (unpaired) electrons. The number of carbonyl (C=O) groups is 3. The molecular formula is C13H10O3Se. The van der Waals surface area contributed by atoms with Crippen molar-refractivity contribution < 1.29 is 14.4 Å². The monoisotopic (exact) mass is 294 g/mol. The summed E-state index contributed by atoms with van der Waals surface area (Å²) >= 11 is -0.366. The van der Waals surface area contributed by atoms with Crippen molar-refractivity contribution in [3.63, 3.8) is 0 Å². The molecule has 1 fully saturated rings. The zero-order valence-corrected chi connectivity index (χ0v) is 10.8. The maximum atomic E-state index is 12.4. The van der Waals surface area contributed by atoms with Crippen LogP contribution in [0, 0.1) is 0 Å². The van der Waals surface area contributed by atoms with E-state index in [0.717, 1.165) is 4.46 Å². The quantitative estimate of drug-likeness (QED) is 0.522. The molecule has 0 bridgehead atoms. The Hall–Kier alpha value is -1.25. The second kappa shape index (κ2) is 3.62. The van der Waals surface area contributed by atoms with Gasteiger partial charge in [0.2, 0.25) is 0 Å². The predicted octanol–water partition coefficient (Wildman–Crippen LogP) is 0.693. The van der Waals surface area contributed by atoms with Crippen LogP contribution in [0.1, 0.15) is 29.6 Å². The third-order valence-corrected chi connectivity index (χ3v) is 6.50. The number of benzene rings is 1. The molecule has 0 atom stereocenters. The number of rotatable bonds is 0. The Kier molecular flexibility index (Phi) is 2.32. The number of ketones is 3. The molecule has 1 aromatic carbocycles. The van der Waals surface area contributed by atoms with Gasteiger partial charge in [-0.15, -0.1) is 0 Å². The Bertz CT molecular complexity index is 531. The first-order valence-electron chi connectivity index (χ1n) is 5.56. The zero-order chi connectivity index (χ0) is 12.0. The van der Waals surface area contributed by atoms with Gasteiger partial charge in [0.15, 0.2) is 0 Å². The van der Waals surface area contributed by atoms with E-state index < -0.39 is 4.31 Å². The van der Waals surface area contributed by atoms with Gasteiger partial charge in [-0.1, -0.05) is 0 Å². The topological polar surface area (TPSA) is 51.2 Å². The van der Waals surface area contributed by atoms with Crippen LogP contribution in [0.25, 0.3) is 0 Å². The van der Waals surface area contributed by atoms with E-state index in [1.54, 1.807) is 12.1 Å². The predicted molar refractivity (Wildman–Crippen MR) is 62.7 cm³/mol. The van der Waals surface area contributed by atoms with Crippen LogP contribution >= 0.6 is 0 Å². The van der Waals surface area contributed by atoms with Crippen molar-refractivity contribution in [1.29, 1.82) is 0 Å². The van der Waals surface area contributed by atoms with E-state index in [4.69, 9.17) is 0 Å². The average Bonchev–Trinajstić information content (AvgIpc) is 2.62. The molecule has 0 saturated heterocycles. The van der Waals surface area contributed by atoms with Crippen molar-refractivity contribution in [1.82, 2.24) is 0 Å². The molecule has 86 valence electrons. The fourth-order valence-electron chi connectivity index (χ4n) is 2.43. The van der Waals surface area contributed by atoms with Crippen molar-refractivity contribution in [2.75, 3.05) is 0 Å². The van der Waals surface area contributed by atoms with Crippen LogP contribution in [0.2, 0.25) is 4.31 Å². The molecular weight excluding hydrogens is 283 g/mol. The van der Waals surface area contributed by atoms with E-state index in [1.807, 2.05) is 12.1 Å². The summed E-state index contributed by atoms with van der Waals surface area (Å²) in [5.41, 5.74) is 0.580. The van der Waals surface area contributed by atoms with Gasteiger partial charge in [-0.25, -0.2) is 0 Å².